The molecule has 0 radical (unpaired) electrons. The molecule has 3 aromatic carbocycles. The number of carbonyl (C=O) groups is 2. The molecule has 0 aliphatic heterocycles. The van der Waals surface area contributed by atoms with Crippen LogP contribution in [-0.4, -0.2) is 28.8 Å². The molecule has 1 aliphatic carbocycles. The van der Waals surface area contributed by atoms with E-state index in [0.29, 0.717) is 13.0 Å². The molecular formula is C32H38N2O2. The van der Waals surface area contributed by atoms with Crippen LogP contribution in [-0.2, 0) is 29.0 Å². The molecule has 0 unspecified atom stereocenters. The van der Waals surface area contributed by atoms with Gasteiger partial charge in [0, 0.05) is 19.0 Å². The lowest BCUT2D eigenvalue weighted by Gasteiger charge is -2.32. The molecule has 1 fully saturated rings. The Balaban J connectivity index is 1.66. The van der Waals surface area contributed by atoms with Gasteiger partial charge < -0.3 is 10.2 Å². The smallest absolute Gasteiger partial charge is 0.243 e. The van der Waals surface area contributed by atoms with E-state index in [9.17, 15) is 9.59 Å². The predicted molar refractivity (Wildman–Crippen MR) is 146 cm³/mol. The third-order valence-electron chi connectivity index (χ3n) is 7.33. The van der Waals surface area contributed by atoms with Gasteiger partial charge in [0.05, 0.1) is 6.42 Å². The summed E-state index contributed by atoms with van der Waals surface area (Å²) in [5.41, 5.74) is 6.59. The fraction of sp³-hybridized carbons (Fsp3) is 0.375. The third-order valence-corrected chi connectivity index (χ3v) is 7.33. The number of carbonyl (C=O) groups excluding carboxylic acids is 2. The van der Waals surface area contributed by atoms with Gasteiger partial charge in [0.2, 0.25) is 11.8 Å². The van der Waals surface area contributed by atoms with Gasteiger partial charge in [0.1, 0.15) is 6.04 Å². The van der Waals surface area contributed by atoms with Gasteiger partial charge in [0.15, 0.2) is 0 Å². The highest BCUT2D eigenvalue weighted by Crippen LogP contribution is 2.21. The Labute approximate surface area is 215 Å². The molecule has 0 aromatic heterocycles. The summed E-state index contributed by atoms with van der Waals surface area (Å²) in [6, 6.07) is 24.0. The molecule has 4 nitrogen and oxygen atoms in total. The number of nitrogens with zero attached hydrogens (tertiary/aromatic N) is 1. The third kappa shape index (κ3) is 6.84. The molecule has 4 heteroatoms. The summed E-state index contributed by atoms with van der Waals surface area (Å²) >= 11 is 0. The van der Waals surface area contributed by atoms with Crippen LogP contribution in [0, 0.1) is 20.8 Å². The van der Waals surface area contributed by atoms with Crippen LogP contribution in [0.1, 0.15) is 59.1 Å². The maximum absolute atomic E-state index is 13.9. The molecule has 1 atom stereocenters. The average Bonchev–Trinajstić information content (AvgIpc) is 3.37. The van der Waals surface area contributed by atoms with Gasteiger partial charge in [-0.3, -0.25) is 9.59 Å². The number of nitrogens with one attached hydrogen (secondary N) is 1. The summed E-state index contributed by atoms with van der Waals surface area (Å²) in [6.07, 6.45) is 5.08. The van der Waals surface area contributed by atoms with Crippen molar-refractivity contribution in [3.05, 3.63) is 106 Å². The Morgan fingerprint density at radius 2 is 1.56 bits per heavy atom. The van der Waals surface area contributed by atoms with Crippen molar-refractivity contribution in [2.45, 2.75) is 77.9 Å². The summed E-state index contributed by atoms with van der Waals surface area (Å²) in [4.78, 5) is 29.5. The fourth-order valence-corrected chi connectivity index (χ4v) is 5.12. The van der Waals surface area contributed by atoms with Gasteiger partial charge in [-0.25, -0.2) is 0 Å². The molecule has 0 heterocycles. The molecule has 1 N–H and O–H groups in total. The highest BCUT2D eigenvalue weighted by atomic mass is 16.2. The SMILES string of the molecule is Cc1cccc(CN(C(=O)Cc2ccc(C)c(C)c2)[C@@H](Cc2ccccc2)C(=O)NC2CCCC2)c1. The Hall–Kier alpha value is -3.40. The minimum Gasteiger partial charge on any atom is -0.352 e. The van der Waals surface area contributed by atoms with Crippen molar-refractivity contribution < 1.29 is 9.59 Å². The van der Waals surface area contributed by atoms with Crippen LogP contribution < -0.4 is 5.32 Å². The van der Waals surface area contributed by atoms with E-state index in [4.69, 9.17) is 0 Å². The normalized spacial score (nSPS) is 14.4. The van der Waals surface area contributed by atoms with E-state index in [1.54, 1.807) is 4.90 Å². The van der Waals surface area contributed by atoms with Crippen LogP contribution in [0.5, 0.6) is 0 Å². The van der Waals surface area contributed by atoms with E-state index in [0.717, 1.165) is 47.9 Å². The van der Waals surface area contributed by atoms with Crippen LogP contribution in [0.4, 0.5) is 0 Å². The Morgan fingerprint density at radius 1 is 0.833 bits per heavy atom. The van der Waals surface area contributed by atoms with Crippen molar-refractivity contribution in [2.75, 3.05) is 0 Å². The molecule has 0 spiro atoms. The van der Waals surface area contributed by atoms with Crippen molar-refractivity contribution in [1.82, 2.24) is 10.2 Å². The summed E-state index contributed by atoms with van der Waals surface area (Å²) in [6.45, 7) is 6.61. The van der Waals surface area contributed by atoms with E-state index in [1.165, 1.54) is 11.1 Å². The first-order valence-electron chi connectivity index (χ1n) is 13.1. The highest BCUT2D eigenvalue weighted by molar-refractivity contribution is 5.89. The van der Waals surface area contributed by atoms with Crippen LogP contribution >= 0.6 is 0 Å². The Morgan fingerprint density at radius 3 is 2.25 bits per heavy atom. The molecule has 2 amide bonds. The van der Waals surface area contributed by atoms with Crippen molar-refractivity contribution in [2.24, 2.45) is 0 Å². The molecule has 1 saturated carbocycles. The number of amides is 2. The molecule has 4 rings (SSSR count). The number of benzene rings is 3. The number of rotatable bonds is 9. The standard InChI is InChI=1S/C32H38N2O2/c1-23-10-9-13-28(18-23)22-34(31(35)21-27-17-16-24(2)25(3)19-27)30(20-26-11-5-4-6-12-26)32(36)33-29-14-7-8-15-29/h4-6,9-13,16-19,29-30H,7-8,14-15,20-22H2,1-3H3,(H,33,36)/t30-/m0/s1. The average molecular weight is 483 g/mol. The van der Waals surface area contributed by atoms with Crippen molar-refractivity contribution in [3.63, 3.8) is 0 Å². The fourth-order valence-electron chi connectivity index (χ4n) is 5.12. The minimum absolute atomic E-state index is 0.0257. The first-order chi connectivity index (χ1) is 17.4. The molecule has 0 saturated heterocycles. The van der Waals surface area contributed by atoms with Crippen molar-refractivity contribution in [3.8, 4) is 0 Å². The molecule has 0 bridgehead atoms. The lowest BCUT2D eigenvalue weighted by molar-refractivity contribution is -0.141. The van der Waals surface area contributed by atoms with Crippen molar-refractivity contribution in [1.29, 1.82) is 0 Å². The van der Waals surface area contributed by atoms with Crippen LogP contribution in [0.15, 0.2) is 72.8 Å². The Kier molecular flexibility index (Phi) is 8.58. The number of hydrogen-bond acceptors (Lipinski definition) is 2. The van der Waals surface area contributed by atoms with Crippen LogP contribution in [0.3, 0.4) is 0 Å². The van der Waals surface area contributed by atoms with Gasteiger partial charge in [0.25, 0.3) is 0 Å². The van der Waals surface area contributed by atoms with Crippen LogP contribution in [0.25, 0.3) is 0 Å². The topological polar surface area (TPSA) is 49.4 Å². The first kappa shape index (κ1) is 25.7. The predicted octanol–water partition coefficient (Wildman–Crippen LogP) is 5.85. The quantitative estimate of drug-likeness (QED) is 0.416. The highest BCUT2D eigenvalue weighted by Gasteiger charge is 2.32. The zero-order valence-corrected chi connectivity index (χ0v) is 21.8. The molecule has 1 aliphatic rings. The summed E-state index contributed by atoms with van der Waals surface area (Å²) in [5, 5.41) is 3.28. The summed E-state index contributed by atoms with van der Waals surface area (Å²) in [5.74, 6) is -0.0749. The van der Waals surface area contributed by atoms with Gasteiger partial charge >= 0.3 is 0 Å². The number of aryl methyl sites for hydroxylation is 3. The van der Waals surface area contributed by atoms with Crippen molar-refractivity contribution >= 4 is 11.8 Å². The van der Waals surface area contributed by atoms with E-state index in [1.807, 2.05) is 48.5 Å². The lowest BCUT2D eigenvalue weighted by atomic mass is 9.99. The van der Waals surface area contributed by atoms with E-state index < -0.39 is 6.04 Å². The zero-order valence-electron chi connectivity index (χ0n) is 21.8. The van der Waals surface area contributed by atoms with E-state index in [-0.39, 0.29) is 24.3 Å². The van der Waals surface area contributed by atoms with E-state index in [2.05, 4.69) is 50.4 Å². The van der Waals surface area contributed by atoms with Gasteiger partial charge in [-0.2, -0.15) is 0 Å². The number of hydrogen-bond donors (Lipinski definition) is 1. The van der Waals surface area contributed by atoms with Gasteiger partial charge in [-0.05, 0) is 61.4 Å². The summed E-state index contributed by atoms with van der Waals surface area (Å²) < 4.78 is 0. The zero-order chi connectivity index (χ0) is 25.5. The molecule has 3 aromatic rings. The maximum Gasteiger partial charge on any atom is 0.243 e. The molecule has 188 valence electrons. The van der Waals surface area contributed by atoms with E-state index >= 15 is 0 Å². The monoisotopic (exact) mass is 482 g/mol. The Bertz CT molecular complexity index is 1180. The molecule has 36 heavy (non-hydrogen) atoms. The largest absolute Gasteiger partial charge is 0.352 e. The van der Waals surface area contributed by atoms with Gasteiger partial charge in [-0.15, -0.1) is 0 Å². The molecular weight excluding hydrogens is 444 g/mol. The lowest BCUT2D eigenvalue weighted by Crippen LogP contribution is -2.52. The van der Waals surface area contributed by atoms with Gasteiger partial charge in [-0.1, -0.05) is 91.2 Å². The maximum atomic E-state index is 13.9. The van der Waals surface area contributed by atoms with Crippen LogP contribution in [0.2, 0.25) is 0 Å². The summed E-state index contributed by atoms with van der Waals surface area (Å²) in [7, 11) is 0. The second-order valence-electron chi connectivity index (χ2n) is 10.3. The second-order valence-corrected chi connectivity index (χ2v) is 10.3. The first-order valence-corrected chi connectivity index (χ1v) is 13.1. The second kappa shape index (κ2) is 12.0. The minimum atomic E-state index is -0.576.